The van der Waals surface area contributed by atoms with Crippen LogP contribution in [0.15, 0.2) is 11.5 Å². The molecule has 1 N–H and O–H groups in total. The molecule has 0 radical (unpaired) electrons. The van der Waals surface area contributed by atoms with Crippen LogP contribution in [0.5, 0.6) is 0 Å². The van der Waals surface area contributed by atoms with Gasteiger partial charge in [0.05, 0.1) is 16.8 Å². The first-order valence-corrected chi connectivity index (χ1v) is 10.8. The summed E-state index contributed by atoms with van der Waals surface area (Å²) in [5, 5.41) is 12.5. The molecule has 0 saturated carbocycles. The third-order valence-electron chi connectivity index (χ3n) is 3.78. The number of aliphatic hydroxyl groups excluding tert-OH is 1. The Balaban J connectivity index is 2.77. The van der Waals surface area contributed by atoms with Gasteiger partial charge in [0.25, 0.3) is 0 Å². The summed E-state index contributed by atoms with van der Waals surface area (Å²) in [4.78, 5) is 4.41. The summed E-state index contributed by atoms with van der Waals surface area (Å²) in [6, 6.07) is 0. The zero-order chi connectivity index (χ0) is 15.4. The van der Waals surface area contributed by atoms with E-state index in [0.29, 0.717) is 6.42 Å². The van der Waals surface area contributed by atoms with Gasteiger partial charge in [-0.15, -0.1) is 11.3 Å². The molecule has 0 fully saturated rings. The Bertz CT molecular complexity index is 449. The molecule has 0 aromatic carbocycles. The van der Waals surface area contributed by atoms with Crippen LogP contribution in [0, 0.1) is 6.92 Å². The summed E-state index contributed by atoms with van der Waals surface area (Å²) >= 11 is 1.64. The van der Waals surface area contributed by atoms with E-state index in [0.717, 1.165) is 10.7 Å². The number of aryl methyl sites for hydroxylation is 1. The minimum atomic E-state index is -1.82. The SMILES string of the molecule is Cc1nc(/C=C/[C@H](CCO)O[Si](C)(C)C(C)(C)C)cs1. The minimum Gasteiger partial charge on any atom is -0.410 e. The summed E-state index contributed by atoms with van der Waals surface area (Å²) in [5.74, 6) is 0. The van der Waals surface area contributed by atoms with E-state index in [1.54, 1.807) is 11.3 Å². The Hall–Kier alpha value is -0.493. The molecule has 0 spiro atoms. The van der Waals surface area contributed by atoms with Crippen molar-refractivity contribution in [1.82, 2.24) is 4.98 Å². The zero-order valence-electron chi connectivity index (χ0n) is 13.4. The van der Waals surface area contributed by atoms with Crippen molar-refractivity contribution in [2.45, 2.75) is 58.4 Å². The lowest BCUT2D eigenvalue weighted by Crippen LogP contribution is -2.43. The molecule has 3 nitrogen and oxygen atoms in total. The number of nitrogens with zero attached hydrogens (tertiary/aromatic N) is 1. The van der Waals surface area contributed by atoms with Crippen LogP contribution >= 0.6 is 11.3 Å². The Morgan fingerprint density at radius 2 is 2.10 bits per heavy atom. The van der Waals surface area contributed by atoms with E-state index in [-0.39, 0.29) is 17.7 Å². The summed E-state index contributed by atoms with van der Waals surface area (Å²) in [5.41, 5.74) is 0.967. The van der Waals surface area contributed by atoms with Crippen molar-refractivity contribution in [3.63, 3.8) is 0 Å². The predicted molar refractivity (Wildman–Crippen MR) is 89.7 cm³/mol. The van der Waals surface area contributed by atoms with Gasteiger partial charge in [0.15, 0.2) is 8.32 Å². The molecule has 20 heavy (non-hydrogen) atoms. The zero-order valence-corrected chi connectivity index (χ0v) is 15.3. The fourth-order valence-corrected chi connectivity index (χ4v) is 3.43. The minimum absolute atomic E-state index is 0.0390. The van der Waals surface area contributed by atoms with Gasteiger partial charge in [-0.1, -0.05) is 26.8 Å². The number of hydrogen-bond acceptors (Lipinski definition) is 4. The monoisotopic (exact) mass is 313 g/mol. The lowest BCUT2D eigenvalue weighted by atomic mass is 10.2. The van der Waals surface area contributed by atoms with Crippen LogP contribution in [0.2, 0.25) is 18.1 Å². The van der Waals surface area contributed by atoms with Crippen molar-refractivity contribution in [2.75, 3.05) is 6.61 Å². The van der Waals surface area contributed by atoms with Crippen molar-refractivity contribution >= 4 is 25.7 Å². The van der Waals surface area contributed by atoms with Crippen molar-refractivity contribution in [1.29, 1.82) is 0 Å². The largest absolute Gasteiger partial charge is 0.410 e. The highest BCUT2D eigenvalue weighted by atomic mass is 32.1. The maximum atomic E-state index is 9.23. The highest BCUT2D eigenvalue weighted by molar-refractivity contribution is 7.09. The van der Waals surface area contributed by atoms with Gasteiger partial charge in [0, 0.05) is 12.0 Å². The van der Waals surface area contributed by atoms with Crippen molar-refractivity contribution in [3.05, 3.63) is 22.2 Å². The van der Waals surface area contributed by atoms with Gasteiger partial charge in [0.2, 0.25) is 0 Å². The quantitative estimate of drug-likeness (QED) is 0.799. The molecule has 1 heterocycles. The van der Waals surface area contributed by atoms with Gasteiger partial charge in [-0.25, -0.2) is 4.98 Å². The average molecular weight is 314 g/mol. The van der Waals surface area contributed by atoms with Crippen molar-refractivity contribution in [2.24, 2.45) is 0 Å². The number of thiazole rings is 1. The smallest absolute Gasteiger partial charge is 0.192 e. The van der Waals surface area contributed by atoms with E-state index in [1.807, 2.05) is 24.5 Å². The van der Waals surface area contributed by atoms with Crippen molar-refractivity contribution < 1.29 is 9.53 Å². The van der Waals surface area contributed by atoms with Gasteiger partial charge in [-0.3, -0.25) is 0 Å². The van der Waals surface area contributed by atoms with Crippen LogP contribution in [0.4, 0.5) is 0 Å². The van der Waals surface area contributed by atoms with E-state index < -0.39 is 8.32 Å². The maximum Gasteiger partial charge on any atom is 0.192 e. The number of aromatic nitrogens is 1. The molecular formula is C15H27NO2SSi. The first-order chi connectivity index (χ1) is 9.15. The van der Waals surface area contributed by atoms with E-state index in [4.69, 9.17) is 4.43 Å². The summed E-state index contributed by atoms with van der Waals surface area (Å²) in [7, 11) is -1.82. The van der Waals surface area contributed by atoms with Crippen LogP contribution in [0.3, 0.4) is 0 Å². The molecule has 0 unspecified atom stereocenters. The second-order valence-electron chi connectivity index (χ2n) is 6.58. The number of hydrogen-bond donors (Lipinski definition) is 1. The first-order valence-electron chi connectivity index (χ1n) is 7.05. The molecule has 1 rings (SSSR count). The first kappa shape index (κ1) is 17.6. The third kappa shape index (κ3) is 5.13. The molecule has 1 atom stereocenters. The molecule has 114 valence electrons. The predicted octanol–water partition coefficient (Wildman–Crippen LogP) is 4.24. The molecular weight excluding hydrogens is 286 g/mol. The molecule has 1 aromatic heterocycles. The normalized spacial score (nSPS) is 14.9. The van der Waals surface area contributed by atoms with E-state index in [1.165, 1.54) is 0 Å². The highest BCUT2D eigenvalue weighted by Gasteiger charge is 2.38. The lowest BCUT2D eigenvalue weighted by Gasteiger charge is -2.38. The molecule has 0 saturated heterocycles. The Kier molecular flexibility index (Phi) is 6.13. The van der Waals surface area contributed by atoms with Gasteiger partial charge in [-0.2, -0.15) is 0 Å². The van der Waals surface area contributed by atoms with Crippen molar-refractivity contribution in [3.8, 4) is 0 Å². The molecule has 0 aliphatic rings. The highest BCUT2D eigenvalue weighted by Crippen LogP contribution is 2.37. The van der Waals surface area contributed by atoms with E-state index >= 15 is 0 Å². The summed E-state index contributed by atoms with van der Waals surface area (Å²) < 4.78 is 6.34. The number of aliphatic hydroxyl groups is 1. The molecule has 0 aliphatic carbocycles. The third-order valence-corrected chi connectivity index (χ3v) is 9.08. The molecule has 0 aliphatic heterocycles. The number of rotatable bonds is 6. The maximum absolute atomic E-state index is 9.23. The molecule has 0 amide bonds. The average Bonchev–Trinajstić information content (AvgIpc) is 2.70. The molecule has 1 aromatic rings. The summed E-state index contributed by atoms with van der Waals surface area (Å²) in [6.45, 7) is 13.3. The van der Waals surface area contributed by atoms with Crippen LogP contribution < -0.4 is 0 Å². The molecule has 5 heteroatoms. The van der Waals surface area contributed by atoms with E-state index in [9.17, 15) is 5.11 Å². The summed E-state index contributed by atoms with van der Waals surface area (Å²) in [6.07, 6.45) is 4.62. The van der Waals surface area contributed by atoms with Gasteiger partial charge >= 0.3 is 0 Å². The Morgan fingerprint density at radius 3 is 2.55 bits per heavy atom. The van der Waals surface area contributed by atoms with Gasteiger partial charge < -0.3 is 9.53 Å². The second kappa shape index (κ2) is 6.98. The van der Waals surface area contributed by atoms with Gasteiger partial charge in [-0.05, 0) is 37.6 Å². The topological polar surface area (TPSA) is 42.4 Å². The lowest BCUT2D eigenvalue weighted by molar-refractivity contribution is 0.175. The Labute approximate surface area is 127 Å². The van der Waals surface area contributed by atoms with E-state index in [2.05, 4.69) is 38.8 Å². The van der Waals surface area contributed by atoms with Crippen LogP contribution in [-0.2, 0) is 4.43 Å². The fraction of sp³-hybridized carbons (Fsp3) is 0.667. The van der Waals surface area contributed by atoms with Crippen LogP contribution in [0.25, 0.3) is 6.08 Å². The standard InChI is InChI=1S/C15H27NO2SSi/c1-12-16-13(11-19-12)7-8-14(9-10-17)18-20(5,6)15(2,3)4/h7-8,11,14,17H,9-10H2,1-6H3/b8-7+/t14-/m1/s1. The van der Waals surface area contributed by atoms with Crippen LogP contribution in [-0.4, -0.2) is 31.1 Å². The Morgan fingerprint density at radius 1 is 1.45 bits per heavy atom. The fourth-order valence-electron chi connectivity index (χ4n) is 1.54. The molecule has 0 bridgehead atoms. The second-order valence-corrected chi connectivity index (χ2v) is 12.4. The van der Waals surface area contributed by atoms with Gasteiger partial charge in [0.1, 0.15) is 0 Å². The van der Waals surface area contributed by atoms with Crippen LogP contribution in [0.1, 0.15) is 37.9 Å².